The summed E-state index contributed by atoms with van der Waals surface area (Å²) in [6.45, 7) is 2.21. The van der Waals surface area contributed by atoms with Gasteiger partial charge in [0.15, 0.2) is 0 Å². The maximum Gasteiger partial charge on any atom is 0.119 e. The van der Waals surface area contributed by atoms with Crippen molar-refractivity contribution in [3.63, 3.8) is 0 Å². The predicted octanol–water partition coefficient (Wildman–Crippen LogP) is 6.20. The van der Waals surface area contributed by atoms with Gasteiger partial charge in [0.25, 0.3) is 0 Å². The highest BCUT2D eigenvalue weighted by molar-refractivity contribution is 7.80. The van der Waals surface area contributed by atoms with Gasteiger partial charge in [-0.05, 0) is 65.3 Å². The predicted molar refractivity (Wildman–Crippen MR) is 112 cm³/mol. The number of benzene rings is 3. The number of rotatable bonds is 4. The van der Waals surface area contributed by atoms with Crippen LogP contribution < -0.4 is 4.74 Å². The number of thiol groups is 1. The second-order valence-corrected chi connectivity index (χ2v) is 7.40. The summed E-state index contributed by atoms with van der Waals surface area (Å²) in [4.78, 5) is 0.968. The van der Waals surface area contributed by atoms with Crippen LogP contribution in [-0.2, 0) is 12.8 Å². The molecule has 0 bridgehead atoms. The number of fused-ring (bicyclic) bond motifs is 1. The zero-order valence-electron chi connectivity index (χ0n) is 15.1. The molecule has 0 radical (unpaired) electrons. The van der Waals surface area contributed by atoms with Gasteiger partial charge in [0.1, 0.15) is 5.75 Å². The molecule has 0 saturated heterocycles. The van der Waals surface area contributed by atoms with E-state index in [2.05, 4.69) is 74.2 Å². The molecule has 0 atom stereocenters. The first-order valence-corrected chi connectivity index (χ1v) is 9.33. The summed E-state index contributed by atoms with van der Waals surface area (Å²) >= 11 is 4.60. The van der Waals surface area contributed by atoms with Gasteiger partial charge in [-0.3, -0.25) is 0 Å². The third-order valence-corrected chi connectivity index (χ3v) is 5.42. The Morgan fingerprint density at radius 1 is 1.00 bits per heavy atom. The molecule has 3 aromatic rings. The summed E-state index contributed by atoms with van der Waals surface area (Å²) in [6, 6.07) is 21.6. The Morgan fingerprint density at radius 3 is 2.54 bits per heavy atom. The Labute approximate surface area is 160 Å². The van der Waals surface area contributed by atoms with Gasteiger partial charge in [0.2, 0.25) is 0 Å². The normalized spacial score (nSPS) is 12.7. The molecule has 0 amide bonds. The fourth-order valence-corrected chi connectivity index (χ4v) is 3.91. The van der Waals surface area contributed by atoms with Crippen molar-refractivity contribution in [1.29, 1.82) is 0 Å². The monoisotopic (exact) mass is 358 g/mol. The van der Waals surface area contributed by atoms with Crippen LogP contribution in [-0.4, -0.2) is 7.11 Å². The smallest absolute Gasteiger partial charge is 0.119 e. The van der Waals surface area contributed by atoms with E-state index in [1.807, 2.05) is 12.1 Å². The number of ether oxygens (including phenoxy) is 1. The molecule has 0 spiro atoms. The minimum absolute atomic E-state index is 0.843. The Hall–Kier alpha value is -2.45. The number of methoxy groups -OCH3 is 1. The molecule has 3 aromatic carbocycles. The molecule has 1 aliphatic rings. The van der Waals surface area contributed by atoms with Crippen LogP contribution in [0.3, 0.4) is 0 Å². The lowest BCUT2D eigenvalue weighted by molar-refractivity contribution is 0.413. The first-order chi connectivity index (χ1) is 12.6. The van der Waals surface area contributed by atoms with Crippen molar-refractivity contribution in [2.75, 3.05) is 7.11 Å². The van der Waals surface area contributed by atoms with Crippen LogP contribution in [0.1, 0.15) is 29.2 Å². The van der Waals surface area contributed by atoms with E-state index in [4.69, 9.17) is 4.74 Å². The van der Waals surface area contributed by atoms with Crippen molar-refractivity contribution in [2.24, 2.45) is 0 Å². The number of hydrogen-bond acceptors (Lipinski definition) is 2. The van der Waals surface area contributed by atoms with Crippen LogP contribution >= 0.6 is 12.6 Å². The largest absolute Gasteiger partial charge is 0.497 e. The maximum atomic E-state index is 5.26. The highest BCUT2D eigenvalue weighted by Crippen LogP contribution is 2.34. The van der Waals surface area contributed by atoms with Gasteiger partial charge in [-0.2, -0.15) is 0 Å². The second-order valence-electron chi connectivity index (χ2n) is 6.91. The van der Waals surface area contributed by atoms with E-state index >= 15 is 0 Å². The molecule has 0 fully saturated rings. The van der Waals surface area contributed by atoms with Crippen LogP contribution in [0.25, 0.3) is 17.2 Å². The van der Waals surface area contributed by atoms with E-state index < -0.39 is 0 Å². The van der Waals surface area contributed by atoms with Crippen LogP contribution in [0.5, 0.6) is 5.75 Å². The van der Waals surface area contributed by atoms with Crippen molar-refractivity contribution in [2.45, 2.75) is 24.7 Å². The van der Waals surface area contributed by atoms with Gasteiger partial charge in [0, 0.05) is 4.90 Å². The summed E-state index contributed by atoms with van der Waals surface area (Å²) in [5.41, 5.74) is 9.34. The van der Waals surface area contributed by atoms with Gasteiger partial charge >= 0.3 is 0 Å². The average molecular weight is 359 g/mol. The summed E-state index contributed by atoms with van der Waals surface area (Å²) in [5, 5.41) is 0. The van der Waals surface area contributed by atoms with E-state index in [-0.39, 0.29) is 0 Å². The van der Waals surface area contributed by atoms with E-state index in [0.717, 1.165) is 23.5 Å². The minimum atomic E-state index is 0.843. The number of hydrogen-bond donors (Lipinski definition) is 1. The van der Waals surface area contributed by atoms with Gasteiger partial charge in [0.05, 0.1) is 7.11 Å². The standard InChI is InChI=1S/C24H22OS/c1-16-12-19-4-3-5-22(23(19)13-16)18-8-6-17(7-9-18)14-20-10-11-21(25-2)15-24(20)26/h3-11,13,15,26H,12,14H2,1-2H3. The Kier molecular flexibility index (Phi) is 4.60. The molecule has 2 heteroatoms. The van der Waals surface area contributed by atoms with Crippen molar-refractivity contribution in [3.05, 3.63) is 88.5 Å². The second kappa shape index (κ2) is 7.05. The highest BCUT2D eigenvalue weighted by atomic mass is 32.1. The lowest BCUT2D eigenvalue weighted by atomic mass is 9.95. The SMILES string of the molecule is COc1ccc(Cc2ccc(-c3cccc4c3C=C(C)C4)cc2)c(S)c1. The molecule has 4 rings (SSSR count). The van der Waals surface area contributed by atoms with Crippen molar-refractivity contribution in [3.8, 4) is 16.9 Å². The summed E-state index contributed by atoms with van der Waals surface area (Å²) < 4.78 is 5.26. The van der Waals surface area contributed by atoms with Gasteiger partial charge in [-0.1, -0.05) is 60.2 Å². The molecule has 1 nitrogen and oxygen atoms in total. The fraction of sp³-hybridized carbons (Fsp3) is 0.167. The molecule has 0 N–H and O–H groups in total. The van der Waals surface area contributed by atoms with E-state index in [1.165, 1.54) is 39.0 Å². The van der Waals surface area contributed by atoms with E-state index in [0.29, 0.717) is 0 Å². The maximum absolute atomic E-state index is 5.26. The zero-order chi connectivity index (χ0) is 18.1. The lowest BCUT2D eigenvalue weighted by Crippen LogP contribution is -1.92. The van der Waals surface area contributed by atoms with Gasteiger partial charge in [-0.15, -0.1) is 12.6 Å². The first kappa shape index (κ1) is 17.0. The molecule has 0 aromatic heterocycles. The Balaban J connectivity index is 1.60. The van der Waals surface area contributed by atoms with E-state index in [1.54, 1.807) is 7.11 Å². The molecule has 0 saturated carbocycles. The fourth-order valence-electron chi connectivity index (χ4n) is 3.63. The van der Waals surface area contributed by atoms with Crippen molar-refractivity contribution >= 4 is 18.7 Å². The summed E-state index contributed by atoms with van der Waals surface area (Å²) in [6.07, 6.45) is 4.27. The van der Waals surface area contributed by atoms with Crippen molar-refractivity contribution < 1.29 is 4.74 Å². The molecule has 0 aliphatic heterocycles. The third-order valence-electron chi connectivity index (χ3n) is 5.01. The number of allylic oxidation sites excluding steroid dienone is 1. The Bertz CT molecular complexity index is 984. The highest BCUT2D eigenvalue weighted by Gasteiger charge is 2.14. The minimum Gasteiger partial charge on any atom is -0.497 e. The van der Waals surface area contributed by atoms with Crippen LogP contribution in [0, 0.1) is 0 Å². The van der Waals surface area contributed by atoms with E-state index in [9.17, 15) is 0 Å². The average Bonchev–Trinajstić information content (AvgIpc) is 3.04. The lowest BCUT2D eigenvalue weighted by Gasteiger charge is -2.10. The molecular weight excluding hydrogens is 336 g/mol. The molecule has 0 heterocycles. The molecule has 1 aliphatic carbocycles. The zero-order valence-corrected chi connectivity index (χ0v) is 16.0. The molecule has 26 heavy (non-hydrogen) atoms. The molecule has 130 valence electrons. The topological polar surface area (TPSA) is 9.23 Å². The van der Waals surface area contributed by atoms with Crippen LogP contribution in [0.15, 0.2) is 71.1 Å². The molecule has 0 unspecified atom stereocenters. The van der Waals surface area contributed by atoms with Crippen LogP contribution in [0.4, 0.5) is 0 Å². The molecular formula is C24H22OS. The van der Waals surface area contributed by atoms with Gasteiger partial charge in [-0.25, -0.2) is 0 Å². The first-order valence-electron chi connectivity index (χ1n) is 8.88. The quantitative estimate of drug-likeness (QED) is 0.546. The summed E-state index contributed by atoms with van der Waals surface area (Å²) in [5.74, 6) is 0.843. The Morgan fingerprint density at radius 2 is 1.81 bits per heavy atom. The van der Waals surface area contributed by atoms with Gasteiger partial charge < -0.3 is 4.74 Å². The summed E-state index contributed by atoms with van der Waals surface area (Å²) in [7, 11) is 1.68. The van der Waals surface area contributed by atoms with Crippen LogP contribution in [0.2, 0.25) is 0 Å². The van der Waals surface area contributed by atoms with Crippen molar-refractivity contribution in [1.82, 2.24) is 0 Å². The third kappa shape index (κ3) is 3.30.